The van der Waals surface area contributed by atoms with Crippen LogP contribution in [-0.2, 0) is 6.18 Å². The Morgan fingerprint density at radius 3 is 2.55 bits per heavy atom. The standard InChI is InChI=1S/C23H21BrF3N3O/c1-3-5-16-6-4-11-30(14-16)21-13-18(8-7-15(21)2)29-22(31)28-17-9-10-20(24)19(12-17)23(25,26)27/h3-4,6-13H,1,5,14H2,2H3,(H2,28,29,31). The lowest BCUT2D eigenvalue weighted by molar-refractivity contribution is -0.138. The van der Waals surface area contributed by atoms with Gasteiger partial charge in [0.15, 0.2) is 0 Å². The number of anilines is 3. The van der Waals surface area contributed by atoms with E-state index in [0.29, 0.717) is 12.2 Å². The van der Waals surface area contributed by atoms with Crippen molar-refractivity contribution in [3.63, 3.8) is 0 Å². The molecular formula is C23H21BrF3N3O. The zero-order valence-corrected chi connectivity index (χ0v) is 18.3. The number of rotatable bonds is 5. The molecule has 0 radical (unpaired) electrons. The number of carbonyl (C=O) groups excluding carboxylic acids is 1. The van der Waals surface area contributed by atoms with Gasteiger partial charge in [-0.25, -0.2) is 4.79 Å². The number of benzene rings is 2. The molecule has 0 bridgehead atoms. The van der Waals surface area contributed by atoms with Crippen LogP contribution in [0.25, 0.3) is 0 Å². The molecule has 162 valence electrons. The van der Waals surface area contributed by atoms with E-state index in [9.17, 15) is 18.0 Å². The van der Waals surface area contributed by atoms with E-state index in [0.717, 1.165) is 23.7 Å². The predicted molar refractivity (Wildman–Crippen MR) is 122 cm³/mol. The van der Waals surface area contributed by atoms with Gasteiger partial charge in [-0.15, -0.1) is 6.58 Å². The zero-order valence-electron chi connectivity index (χ0n) is 16.8. The minimum atomic E-state index is -4.53. The van der Waals surface area contributed by atoms with Crippen LogP contribution in [0, 0.1) is 6.92 Å². The molecule has 8 heteroatoms. The molecule has 0 aliphatic carbocycles. The van der Waals surface area contributed by atoms with Gasteiger partial charge in [0.1, 0.15) is 0 Å². The van der Waals surface area contributed by atoms with Gasteiger partial charge >= 0.3 is 12.2 Å². The largest absolute Gasteiger partial charge is 0.417 e. The summed E-state index contributed by atoms with van der Waals surface area (Å²) in [6.07, 6.45) is 4.08. The highest BCUT2D eigenvalue weighted by Gasteiger charge is 2.33. The molecule has 0 atom stereocenters. The number of amides is 2. The second kappa shape index (κ2) is 9.43. The molecule has 2 aromatic carbocycles. The van der Waals surface area contributed by atoms with Crippen LogP contribution in [0.15, 0.2) is 77.5 Å². The third kappa shape index (κ3) is 5.79. The Bertz CT molecular complexity index is 1060. The second-order valence-corrected chi connectivity index (χ2v) is 7.91. The summed E-state index contributed by atoms with van der Waals surface area (Å²) in [5, 5.41) is 5.13. The maximum atomic E-state index is 13.1. The fraction of sp³-hybridized carbons (Fsp3) is 0.174. The van der Waals surface area contributed by atoms with Crippen molar-refractivity contribution in [2.24, 2.45) is 0 Å². The molecule has 2 N–H and O–H groups in total. The summed E-state index contributed by atoms with van der Waals surface area (Å²) in [7, 11) is 0. The number of allylic oxidation sites excluding steroid dienone is 3. The van der Waals surface area contributed by atoms with Gasteiger partial charge in [-0.3, -0.25) is 0 Å². The summed E-state index contributed by atoms with van der Waals surface area (Å²) >= 11 is 2.88. The third-order valence-corrected chi connectivity index (χ3v) is 5.38. The smallest absolute Gasteiger partial charge is 0.344 e. The molecule has 1 aliphatic rings. The average molecular weight is 492 g/mol. The number of nitrogens with zero attached hydrogens (tertiary/aromatic N) is 1. The van der Waals surface area contributed by atoms with Crippen molar-refractivity contribution < 1.29 is 18.0 Å². The van der Waals surface area contributed by atoms with Crippen LogP contribution in [0.5, 0.6) is 0 Å². The molecule has 31 heavy (non-hydrogen) atoms. The van der Waals surface area contributed by atoms with Gasteiger partial charge in [0.05, 0.1) is 5.56 Å². The number of alkyl halides is 3. The van der Waals surface area contributed by atoms with Crippen LogP contribution in [0.2, 0.25) is 0 Å². The summed E-state index contributed by atoms with van der Waals surface area (Å²) in [4.78, 5) is 14.4. The minimum absolute atomic E-state index is 0.0403. The van der Waals surface area contributed by atoms with E-state index in [1.165, 1.54) is 17.7 Å². The van der Waals surface area contributed by atoms with Gasteiger partial charge < -0.3 is 15.5 Å². The van der Waals surface area contributed by atoms with Crippen LogP contribution >= 0.6 is 15.9 Å². The first-order valence-corrected chi connectivity index (χ1v) is 10.3. The van der Waals surface area contributed by atoms with E-state index in [1.807, 2.05) is 37.4 Å². The minimum Gasteiger partial charge on any atom is -0.344 e. The van der Waals surface area contributed by atoms with Crippen LogP contribution in [0.1, 0.15) is 17.5 Å². The fourth-order valence-corrected chi connectivity index (χ4v) is 3.67. The zero-order chi connectivity index (χ0) is 22.6. The first-order chi connectivity index (χ1) is 14.7. The van der Waals surface area contributed by atoms with Crippen LogP contribution in [0.4, 0.5) is 35.0 Å². The van der Waals surface area contributed by atoms with E-state index in [4.69, 9.17) is 0 Å². The molecule has 0 saturated carbocycles. The number of hydrogen-bond acceptors (Lipinski definition) is 2. The van der Waals surface area contributed by atoms with Gasteiger partial charge in [0.25, 0.3) is 0 Å². The molecule has 0 aromatic heterocycles. The molecular weight excluding hydrogens is 471 g/mol. The molecule has 2 amide bonds. The summed E-state index contributed by atoms with van der Waals surface area (Å²) in [6.45, 7) is 6.45. The third-order valence-electron chi connectivity index (χ3n) is 4.68. The summed E-state index contributed by atoms with van der Waals surface area (Å²) < 4.78 is 39.1. The van der Waals surface area contributed by atoms with E-state index in [1.54, 1.807) is 6.07 Å². The molecule has 1 heterocycles. The number of hydrogen-bond donors (Lipinski definition) is 2. The highest BCUT2D eigenvalue weighted by molar-refractivity contribution is 9.10. The monoisotopic (exact) mass is 491 g/mol. The Hall–Kier alpha value is -3.00. The fourth-order valence-electron chi connectivity index (χ4n) is 3.20. The number of nitrogens with one attached hydrogen (secondary N) is 2. The van der Waals surface area contributed by atoms with Crippen LogP contribution in [0.3, 0.4) is 0 Å². The SMILES string of the molecule is C=CCC1=CC=CN(c2cc(NC(=O)Nc3ccc(Br)c(C(F)(F)F)c3)ccc2C)C1. The molecule has 0 unspecified atom stereocenters. The molecule has 0 spiro atoms. The Labute approximate surface area is 187 Å². The highest BCUT2D eigenvalue weighted by Crippen LogP contribution is 2.36. The second-order valence-electron chi connectivity index (χ2n) is 7.06. The topological polar surface area (TPSA) is 44.4 Å². The molecule has 0 fully saturated rings. The van der Waals surface area contributed by atoms with Crippen LogP contribution < -0.4 is 15.5 Å². The first-order valence-electron chi connectivity index (χ1n) is 9.46. The van der Waals surface area contributed by atoms with E-state index >= 15 is 0 Å². The predicted octanol–water partition coefficient (Wildman–Crippen LogP) is 7.26. The molecule has 0 saturated heterocycles. The quantitative estimate of drug-likeness (QED) is 0.432. The highest BCUT2D eigenvalue weighted by atomic mass is 79.9. The van der Waals surface area contributed by atoms with Crippen molar-refractivity contribution in [2.45, 2.75) is 19.5 Å². The Balaban J connectivity index is 1.73. The van der Waals surface area contributed by atoms with Crippen molar-refractivity contribution >= 4 is 39.0 Å². The summed E-state index contributed by atoms with van der Waals surface area (Å²) in [5.41, 5.74) is 2.87. The van der Waals surface area contributed by atoms with Gasteiger partial charge in [-0.2, -0.15) is 13.2 Å². The van der Waals surface area contributed by atoms with Gasteiger partial charge in [0.2, 0.25) is 0 Å². The molecule has 4 nitrogen and oxygen atoms in total. The van der Waals surface area contributed by atoms with Crippen LogP contribution in [-0.4, -0.2) is 12.6 Å². The van der Waals surface area contributed by atoms with E-state index in [2.05, 4.69) is 44.1 Å². The lowest BCUT2D eigenvalue weighted by Gasteiger charge is -2.26. The normalized spacial score (nSPS) is 13.6. The van der Waals surface area contributed by atoms with E-state index < -0.39 is 17.8 Å². The lowest BCUT2D eigenvalue weighted by Crippen LogP contribution is -2.23. The Morgan fingerprint density at radius 1 is 1.19 bits per heavy atom. The molecule has 3 rings (SSSR count). The van der Waals surface area contributed by atoms with Gasteiger partial charge in [-0.05, 0) is 60.9 Å². The summed E-state index contributed by atoms with van der Waals surface area (Å²) in [6, 6.07) is 8.35. The van der Waals surface area contributed by atoms with Gasteiger partial charge in [-0.1, -0.05) is 34.1 Å². The molecule has 2 aromatic rings. The number of halogens is 4. The number of aryl methyl sites for hydroxylation is 1. The number of urea groups is 1. The Morgan fingerprint density at radius 2 is 1.87 bits per heavy atom. The maximum Gasteiger partial charge on any atom is 0.417 e. The van der Waals surface area contributed by atoms with Gasteiger partial charge in [0, 0.05) is 34.3 Å². The number of carbonyl (C=O) groups is 1. The van der Waals surface area contributed by atoms with E-state index in [-0.39, 0.29) is 10.2 Å². The van der Waals surface area contributed by atoms with Crippen molar-refractivity contribution in [3.05, 3.63) is 88.6 Å². The Kier molecular flexibility index (Phi) is 6.90. The van der Waals surface area contributed by atoms with Crippen molar-refractivity contribution in [1.29, 1.82) is 0 Å². The average Bonchev–Trinajstić information content (AvgIpc) is 2.70. The van der Waals surface area contributed by atoms with Crippen molar-refractivity contribution in [2.75, 3.05) is 22.1 Å². The lowest BCUT2D eigenvalue weighted by atomic mass is 10.1. The summed E-state index contributed by atoms with van der Waals surface area (Å²) in [5.74, 6) is 0. The van der Waals surface area contributed by atoms with Crippen molar-refractivity contribution in [3.8, 4) is 0 Å². The maximum absolute atomic E-state index is 13.1. The molecule has 1 aliphatic heterocycles. The first kappa shape index (κ1) is 22.7. The van der Waals surface area contributed by atoms with Crippen molar-refractivity contribution in [1.82, 2.24) is 0 Å².